The van der Waals surface area contributed by atoms with E-state index in [0.29, 0.717) is 28.8 Å². The van der Waals surface area contributed by atoms with Crippen molar-refractivity contribution >= 4 is 30.5 Å². The van der Waals surface area contributed by atoms with Crippen LogP contribution in [0.2, 0.25) is 5.02 Å². The van der Waals surface area contributed by atoms with E-state index < -0.39 is 19.1 Å². The van der Waals surface area contributed by atoms with Gasteiger partial charge in [0.25, 0.3) is 5.91 Å². The first-order valence-corrected chi connectivity index (χ1v) is 15.3. The zero-order valence-electron chi connectivity index (χ0n) is 24.4. The standard InChI is InChI=1S/C34H38BClN2O4/c1-33(2)25-19-28(33)34(3)29(20-25)41-35(42-34)30(17-22-11-6-4-7-12-22)38-31(39)21-27(24-15-10-16-26(36)18-24)37-32(40)23-13-8-5-9-14-23/h4-16,18,25,27-30H,17,19-21H2,1-3H3,(H,37,40)(H,38,39)/t25-,27?,28-,29+,30-,34-/m0/s1. The van der Waals surface area contributed by atoms with Gasteiger partial charge in [0, 0.05) is 10.6 Å². The van der Waals surface area contributed by atoms with Gasteiger partial charge < -0.3 is 19.9 Å². The van der Waals surface area contributed by atoms with E-state index in [-0.39, 0.29) is 35.4 Å². The number of hydrogen-bond donors (Lipinski definition) is 2. The van der Waals surface area contributed by atoms with Crippen LogP contribution in [-0.4, -0.2) is 36.6 Å². The van der Waals surface area contributed by atoms with Gasteiger partial charge >= 0.3 is 7.12 Å². The lowest BCUT2D eigenvalue weighted by atomic mass is 9.43. The minimum Gasteiger partial charge on any atom is -0.404 e. The lowest BCUT2D eigenvalue weighted by Crippen LogP contribution is -2.65. The largest absolute Gasteiger partial charge is 0.482 e. The van der Waals surface area contributed by atoms with E-state index in [2.05, 4.69) is 43.5 Å². The van der Waals surface area contributed by atoms with Gasteiger partial charge in [-0.1, -0.05) is 86.1 Å². The Morgan fingerprint density at radius 3 is 2.36 bits per heavy atom. The predicted octanol–water partition coefficient (Wildman–Crippen LogP) is 6.20. The predicted molar refractivity (Wildman–Crippen MR) is 165 cm³/mol. The van der Waals surface area contributed by atoms with Crippen molar-refractivity contribution in [1.82, 2.24) is 10.6 Å². The van der Waals surface area contributed by atoms with Gasteiger partial charge in [0.05, 0.1) is 30.1 Å². The number of carbonyl (C=O) groups excluding carboxylic acids is 2. The molecule has 8 heteroatoms. The topological polar surface area (TPSA) is 76.7 Å². The molecule has 1 saturated heterocycles. The highest BCUT2D eigenvalue weighted by Crippen LogP contribution is 2.65. The molecule has 2 bridgehead atoms. The Bertz CT molecular complexity index is 1440. The van der Waals surface area contributed by atoms with Crippen molar-refractivity contribution in [2.24, 2.45) is 17.3 Å². The monoisotopic (exact) mass is 584 g/mol. The molecule has 3 aromatic carbocycles. The third-order valence-electron chi connectivity index (χ3n) is 9.92. The number of halogens is 1. The number of hydrogen-bond acceptors (Lipinski definition) is 4. The molecule has 7 rings (SSSR count). The fraction of sp³-hybridized carbons (Fsp3) is 0.412. The van der Waals surface area contributed by atoms with E-state index in [4.69, 9.17) is 20.9 Å². The molecule has 0 spiro atoms. The van der Waals surface area contributed by atoms with E-state index in [1.807, 2.05) is 48.5 Å². The van der Waals surface area contributed by atoms with Gasteiger partial charge in [0.15, 0.2) is 0 Å². The molecule has 3 aromatic rings. The molecule has 1 heterocycles. The molecule has 4 aliphatic rings. The van der Waals surface area contributed by atoms with Crippen LogP contribution in [0.3, 0.4) is 0 Å². The van der Waals surface area contributed by atoms with E-state index in [9.17, 15) is 9.59 Å². The van der Waals surface area contributed by atoms with Crippen molar-refractivity contribution in [2.75, 3.05) is 0 Å². The average molecular weight is 585 g/mol. The summed E-state index contributed by atoms with van der Waals surface area (Å²) in [4.78, 5) is 26.9. The molecule has 4 fully saturated rings. The minimum absolute atomic E-state index is 0.0128. The fourth-order valence-electron chi connectivity index (χ4n) is 7.41. The maximum atomic E-state index is 13.8. The Labute approximate surface area is 253 Å². The van der Waals surface area contributed by atoms with E-state index in [0.717, 1.165) is 24.0 Å². The van der Waals surface area contributed by atoms with Crippen LogP contribution in [0, 0.1) is 17.3 Å². The normalized spacial score (nSPS) is 26.9. The summed E-state index contributed by atoms with van der Waals surface area (Å²) in [6.45, 7) is 6.87. The van der Waals surface area contributed by atoms with Crippen LogP contribution in [0.1, 0.15) is 67.6 Å². The Kier molecular flexibility index (Phi) is 7.94. The van der Waals surface area contributed by atoms with Gasteiger partial charge in [-0.25, -0.2) is 0 Å². The first-order valence-electron chi connectivity index (χ1n) is 14.9. The van der Waals surface area contributed by atoms with Crippen molar-refractivity contribution in [2.45, 2.75) is 70.1 Å². The van der Waals surface area contributed by atoms with Crippen LogP contribution in [0.4, 0.5) is 0 Å². The number of benzene rings is 3. The second kappa shape index (κ2) is 11.5. The van der Waals surface area contributed by atoms with Crippen molar-refractivity contribution in [3.05, 3.63) is 107 Å². The number of carbonyl (C=O) groups is 2. The molecule has 6 atom stereocenters. The maximum Gasteiger partial charge on any atom is 0.482 e. The summed E-state index contributed by atoms with van der Waals surface area (Å²) in [5.74, 6) is 0.206. The number of nitrogens with one attached hydrogen (secondary N) is 2. The highest BCUT2D eigenvalue weighted by molar-refractivity contribution is 6.48. The second-order valence-corrected chi connectivity index (χ2v) is 13.3. The third kappa shape index (κ3) is 5.62. The number of amides is 2. The highest BCUT2D eigenvalue weighted by Gasteiger charge is 2.68. The molecule has 218 valence electrons. The Balaban J connectivity index is 1.22. The summed E-state index contributed by atoms with van der Waals surface area (Å²) in [5, 5.41) is 6.82. The molecule has 1 unspecified atom stereocenters. The maximum absolute atomic E-state index is 13.8. The molecule has 0 aromatic heterocycles. The summed E-state index contributed by atoms with van der Waals surface area (Å²) in [6.07, 6.45) is 2.75. The van der Waals surface area contributed by atoms with Crippen LogP contribution in [0.25, 0.3) is 0 Å². The highest BCUT2D eigenvalue weighted by atomic mass is 35.5. The van der Waals surface area contributed by atoms with E-state index in [1.54, 1.807) is 24.3 Å². The molecule has 2 N–H and O–H groups in total. The summed E-state index contributed by atoms with van der Waals surface area (Å²) in [7, 11) is -0.567. The lowest BCUT2D eigenvalue weighted by Gasteiger charge is -2.64. The molecule has 3 saturated carbocycles. The summed E-state index contributed by atoms with van der Waals surface area (Å²) in [6, 6.07) is 25.8. The third-order valence-corrected chi connectivity index (χ3v) is 10.2. The van der Waals surface area contributed by atoms with E-state index in [1.165, 1.54) is 0 Å². The molecular weight excluding hydrogens is 547 g/mol. The zero-order valence-corrected chi connectivity index (χ0v) is 25.1. The van der Waals surface area contributed by atoms with Crippen LogP contribution < -0.4 is 10.6 Å². The van der Waals surface area contributed by atoms with Crippen molar-refractivity contribution in [3.63, 3.8) is 0 Å². The van der Waals surface area contributed by atoms with Gasteiger partial charge in [-0.15, -0.1) is 0 Å². The average Bonchev–Trinajstić information content (AvgIpc) is 3.34. The Morgan fingerprint density at radius 2 is 1.67 bits per heavy atom. The molecule has 42 heavy (non-hydrogen) atoms. The van der Waals surface area contributed by atoms with Gasteiger partial charge in [0.1, 0.15) is 0 Å². The number of rotatable bonds is 9. The van der Waals surface area contributed by atoms with Gasteiger partial charge in [0.2, 0.25) is 5.91 Å². The molecule has 3 aliphatic carbocycles. The Morgan fingerprint density at radius 1 is 0.952 bits per heavy atom. The quantitative estimate of drug-likeness (QED) is 0.294. The zero-order chi connectivity index (χ0) is 29.5. The van der Waals surface area contributed by atoms with Gasteiger partial charge in [-0.05, 0) is 78.8 Å². The first kappa shape index (κ1) is 29.0. The van der Waals surface area contributed by atoms with Crippen LogP contribution in [0.5, 0.6) is 0 Å². The van der Waals surface area contributed by atoms with Gasteiger partial charge in [-0.3, -0.25) is 9.59 Å². The van der Waals surface area contributed by atoms with E-state index >= 15 is 0 Å². The van der Waals surface area contributed by atoms with Crippen LogP contribution in [-0.2, 0) is 20.5 Å². The first-order chi connectivity index (χ1) is 20.1. The van der Waals surface area contributed by atoms with Crippen molar-refractivity contribution in [3.8, 4) is 0 Å². The summed E-state index contributed by atoms with van der Waals surface area (Å²) < 4.78 is 13.4. The molecule has 2 amide bonds. The lowest BCUT2D eigenvalue weighted by molar-refractivity contribution is -0.199. The SMILES string of the molecule is CC1(C)[C@@H]2C[C@H]3OB([C@H](Cc4ccccc4)NC(=O)CC(NC(=O)c4ccccc4)c4cccc(Cl)c4)O[C@@]3(C)[C@H]1C2. The smallest absolute Gasteiger partial charge is 0.404 e. The Hall–Kier alpha value is -3.13. The molecule has 6 nitrogen and oxygen atoms in total. The summed E-state index contributed by atoms with van der Waals surface area (Å²) >= 11 is 6.30. The molecular formula is C34H38BClN2O4. The minimum atomic E-state index is -0.577. The summed E-state index contributed by atoms with van der Waals surface area (Å²) in [5.41, 5.74) is 2.22. The van der Waals surface area contributed by atoms with Crippen molar-refractivity contribution < 1.29 is 18.9 Å². The van der Waals surface area contributed by atoms with Gasteiger partial charge in [-0.2, -0.15) is 0 Å². The fourth-order valence-corrected chi connectivity index (χ4v) is 7.61. The molecule has 0 radical (unpaired) electrons. The second-order valence-electron chi connectivity index (χ2n) is 12.9. The van der Waals surface area contributed by atoms with Crippen molar-refractivity contribution in [1.29, 1.82) is 0 Å². The molecule has 1 aliphatic heterocycles. The van der Waals surface area contributed by atoms with Crippen LogP contribution >= 0.6 is 11.6 Å². The van der Waals surface area contributed by atoms with Crippen LogP contribution in [0.15, 0.2) is 84.9 Å².